The fourth-order valence-corrected chi connectivity index (χ4v) is 4.11. The first-order valence-corrected chi connectivity index (χ1v) is 9.86. The number of hydrogen-bond donors (Lipinski definition) is 1. The van der Waals surface area contributed by atoms with E-state index in [1.165, 1.54) is 0 Å². The third-order valence-corrected chi connectivity index (χ3v) is 5.96. The summed E-state index contributed by atoms with van der Waals surface area (Å²) >= 11 is 0. The molecule has 28 heavy (non-hydrogen) atoms. The van der Waals surface area contributed by atoms with E-state index >= 15 is 0 Å². The molecule has 1 saturated carbocycles. The van der Waals surface area contributed by atoms with Crippen LogP contribution in [0.1, 0.15) is 41.6 Å². The van der Waals surface area contributed by atoms with Gasteiger partial charge in [-0.15, -0.1) is 0 Å². The third-order valence-electron chi connectivity index (χ3n) is 5.96. The van der Waals surface area contributed by atoms with Gasteiger partial charge < -0.3 is 19.6 Å². The Morgan fingerprint density at radius 2 is 1.54 bits per heavy atom. The van der Waals surface area contributed by atoms with Crippen LogP contribution in [-0.2, 0) is 9.59 Å². The molecule has 1 heterocycles. The Morgan fingerprint density at radius 1 is 0.964 bits per heavy atom. The fourth-order valence-electron chi connectivity index (χ4n) is 4.11. The molecule has 7 heteroatoms. The van der Waals surface area contributed by atoms with Crippen molar-refractivity contribution in [3.63, 3.8) is 0 Å². The van der Waals surface area contributed by atoms with Crippen molar-refractivity contribution < 1.29 is 24.2 Å². The smallest absolute Gasteiger partial charge is 0.306 e. The van der Waals surface area contributed by atoms with E-state index in [4.69, 9.17) is 9.84 Å². The van der Waals surface area contributed by atoms with Crippen molar-refractivity contribution in [2.45, 2.75) is 32.6 Å². The van der Waals surface area contributed by atoms with Crippen LogP contribution in [0.2, 0.25) is 0 Å². The van der Waals surface area contributed by atoms with E-state index in [1.54, 1.807) is 24.1 Å². The van der Waals surface area contributed by atoms with Gasteiger partial charge in [-0.2, -0.15) is 0 Å². The molecule has 1 saturated heterocycles. The maximum Gasteiger partial charge on any atom is 0.306 e. The first kappa shape index (κ1) is 20.2. The van der Waals surface area contributed by atoms with Gasteiger partial charge in [-0.05, 0) is 50.3 Å². The number of ether oxygens (including phenoxy) is 1. The molecule has 152 valence electrons. The third kappa shape index (κ3) is 4.29. The van der Waals surface area contributed by atoms with Crippen LogP contribution in [0.5, 0.6) is 5.75 Å². The van der Waals surface area contributed by atoms with Crippen LogP contribution in [0, 0.1) is 18.8 Å². The van der Waals surface area contributed by atoms with E-state index in [9.17, 15) is 14.4 Å². The van der Waals surface area contributed by atoms with E-state index < -0.39 is 5.97 Å². The highest BCUT2D eigenvalue weighted by molar-refractivity contribution is 5.95. The number of carbonyl (C=O) groups excluding carboxylic acids is 2. The summed E-state index contributed by atoms with van der Waals surface area (Å²) in [6, 6.07) is 5.44. The summed E-state index contributed by atoms with van der Waals surface area (Å²) in [7, 11) is 1.59. The van der Waals surface area contributed by atoms with E-state index in [1.807, 2.05) is 17.9 Å². The van der Waals surface area contributed by atoms with Gasteiger partial charge in [-0.25, -0.2) is 0 Å². The van der Waals surface area contributed by atoms with Crippen molar-refractivity contribution in [1.82, 2.24) is 9.80 Å². The zero-order valence-corrected chi connectivity index (χ0v) is 16.5. The van der Waals surface area contributed by atoms with Crippen molar-refractivity contribution >= 4 is 17.8 Å². The number of carboxylic acid groups (broad SMARTS) is 1. The molecule has 1 aliphatic carbocycles. The number of aliphatic carboxylic acids is 1. The summed E-state index contributed by atoms with van der Waals surface area (Å²) < 4.78 is 5.30. The average Bonchev–Trinajstić information content (AvgIpc) is 2.73. The Labute approximate surface area is 165 Å². The van der Waals surface area contributed by atoms with Crippen molar-refractivity contribution in [1.29, 1.82) is 0 Å². The molecule has 0 bridgehead atoms. The summed E-state index contributed by atoms with van der Waals surface area (Å²) in [4.78, 5) is 40.2. The molecule has 2 amide bonds. The summed E-state index contributed by atoms with van der Waals surface area (Å²) in [5, 5.41) is 9.09. The first-order valence-electron chi connectivity index (χ1n) is 9.86. The molecule has 0 atom stereocenters. The van der Waals surface area contributed by atoms with Crippen LogP contribution in [-0.4, -0.2) is 66.0 Å². The van der Waals surface area contributed by atoms with E-state index in [2.05, 4.69) is 0 Å². The average molecular weight is 388 g/mol. The van der Waals surface area contributed by atoms with E-state index in [0.717, 1.165) is 5.56 Å². The molecule has 2 fully saturated rings. The molecule has 1 aliphatic heterocycles. The zero-order valence-electron chi connectivity index (χ0n) is 16.5. The molecule has 0 aromatic heterocycles. The highest BCUT2D eigenvalue weighted by atomic mass is 16.5. The van der Waals surface area contributed by atoms with Crippen LogP contribution in [0.15, 0.2) is 18.2 Å². The molecule has 2 aliphatic rings. The Kier molecular flexibility index (Phi) is 6.21. The molecular weight excluding hydrogens is 360 g/mol. The quantitative estimate of drug-likeness (QED) is 0.854. The number of piperazine rings is 1. The Hall–Kier alpha value is -2.57. The molecule has 0 radical (unpaired) electrons. The second-order valence-electron chi connectivity index (χ2n) is 7.69. The topological polar surface area (TPSA) is 87.2 Å². The van der Waals surface area contributed by atoms with Gasteiger partial charge in [0.25, 0.3) is 5.91 Å². The van der Waals surface area contributed by atoms with Gasteiger partial charge in [0.15, 0.2) is 0 Å². The summed E-state index contributed by atoms with van der Waals surface area (Å²) in [5.74, 6) is -0.410. The fraction of sp³-hybridized carbons (Fsp3) is 0.571. The maximum atomic E-state index is 12.8. The number of benzene rings is 1. The number of hydrogen-bond acceptors (Lipinski definition) is 4. The Balaban J connectivity index is 1.53. The molecule has 0 unspecified atom stereocenters. The Morgan fingerprint density at radius 3 is 2.11 bits per heavy atom. The second kappa shape index (κ2) is 8.63. The first-order chi connectivity index (χ1) is 13.4. The number of methoxy groups -OCH3 is 1. The minimum absolute atomic E-state index is 0.0487. The standard InChI is InChI=1S/C21H28N2O5/c1-14-3-4-17(13-18(14)28-2)20(25)23-11-9-22(10-12-23)19(24)15-5-7-16(8-6-15)21(26)27/h3-4,13,15-16H,5-12H2,1-2H3,(H,26,27). The van der Waals surface area contributed by atoms with Gasteiger partial charge in [0, 0.05) is 37.7 Å². The predicted octanol–water partition coefficient (Wildman–Crippen LogP) is 2.18. The SMILES string of the molecule is COc1cc(C(=O)N2CCN(C(=O)C3CCC(C(=O)O)CC3)CC2)ccc1C. The number of rotatable bonds is 4. The number of aryl methyl sites for hydroxylation is 1. The van der Waals surface area contributed by atoms with Crippen LogP contribution < -0.4 is 4.74 Å². The lowest BCUT2D eigenvalue weighted by molar-refractivity contribution is -0.146. The molecule has 1 aromatic rings. The second-order valence-corrected chi connectivity index (χ2v) is 7.69. The number of carboxylic acids is 1. The summed E-state index contributed by atoms with van der Waals surface area (Å²) in [5.41, 5.74) is 1.57. The van der Waals surface area contributed by atoms with Crippen LogP contribution in [0.4, 0.5) is 0 Å². The minimum Gasteiger partial charge on any atom is -0.496 e. The van der Waals surface area contributed by atoms with E-state index in [0.29, 0.717) is 63.2 Å². The molecule has 1 N–H and O–H groups in total. The maximum absolute atomic E-state index is 12.8. The van der Waals surface area contributed by atoms with Crippen LogP contribution in [0.25, 0.3) is 0 Å². The highest BCUT2D eigenvalue weighted by Gasteiger charge is 2.33. The molecule has 0 spiro atoms. The van der Waals surface area contributed by atoms with Crippen molar-refractivity contribution in [2.24, 2.45) is 11.8 Å². The van der Waals surface area contributed by atoms with Crippen LogP contribution in [0.3, 0.4) is 0 Å². The van der Waals surface area contributed by atoms with Crippen molar-refractivity contribution in [3.8, 4) is 5.75 Å². The molecule has 1 aromatic carbocycles. The summed E-state index contributed by atoms with van der Waals surface area (Å²) in [6.45, 7) is 3.98. The monoisotopic (exact) mass is 388 g/mol. The van der Waals surface area contributed by atoms with E-state index in [-0.39, 0.29) is 23.7 Å². The number of carbonyl (C=O) groups is 3. The van der Waals surface area contributed by atoms with Gasteiger partial charge in [-0.1, -0.05) is 6.07 Å². The molecular formula is C21H28N2O5. The number of amides is 2. The van der Waals surface area contributed by atoms with Crippen LogP contribution >= 0.6 is 0 Å². The van der Waals surface area contributed by atoms with Crippen molar-refractivity contribution in [3.05, 3.63) is 29.3 Å². The summed E-state index contributed by atoms with van der Waals surface area (Å²) in [6.07, 6.45) is 2.41. The lowest BCUT2D eigenvalue weighted by Crippen LogP contribution is -2.52. The molecule has 3 rings (SSSR count). The molecule has 7 nitrogen and oxygen atoms in total. The van der Waals surface area contributed by atoms with Gasteiger partial charge in [0.1, 0.15) is 5.75 Å². The number of nitrogens with zero attached hydrogens (tertiary/aromatic N) is 2. The minimum atomic E-state index is -0.759. The normalized spacial score (nSPS) is 22.6. The highest BCUT2D eigenvalue weighted by Crippen LogP contribution is 2.30. The van der Waals surface area contributed by atoms with Gasteiger partial charge in [0.05, 0.1) is 13.0 Å². The largest absolute Gasteiger partial charge is 0.496 e. The predicted molar refractivity (Wildman–Crippen MR) is 103 cm³/mol. The lowest BCUT2D eigenvalue weighted by Gasteiger charge is -2.37. The zero-order chi connectivity index (χ0) is 20.3. The lowest BCUT2D eigenvalue weighted by atomic mass is 9.81. The van der Waals surface area contributed by atoms with Gasteiger partial charge >= 0.3 is 5.97 Å². The Bertz CT molecular complexity index is 747. The van der Waals surface area contributed by atoms with Gasteiger partial charge in [-0.3, -0.25) is 14.4 Å². The van der Waals surface area contributed by atoms with Crippen molar-refractivity contribution in [2.75, 3.05) is 33.3 Å². The van der Waals surface area contributed by atoms with Gasteiger partial charge in [0.2, 0.25) is 5.91 Å².